The van der Waals surface area contributed by atoms with Gasteiger partial charge in [-0.25, -0.2) is 0 Å². The summed E-state index contributed by atoms with van der Waals surface area (Å²) in [7, 11) is 3.80. The molecule has 0 aliphatic rings. The maximum atomic E-state index is 12.1. The number of allylic oxidation sites excluding steroid dienone is 1. The quantitative estimate of drug-likeness (QED) is 0.224. The highest BCUT2D eigenvalue weighted by Crippen LogP contribution is 2.29. The first-order valence-corrected chi connectivity index (χ1v) is 11.9. The Balaban J connectivity index is 0.000000186. The van der Waals surface area contributed by atoms with Crippen LogP contribution in [0.3, 0.4) is 0 Å². The first-order chi connectivity index (χ1) is 15.5. The fraction of sp³-hybridized carbons (Fsp3) is 0.111. The lowest BCUT2D eigenvalue weighted by Crippen LogP contribution is -2.02. The molecule has 0 saturated heterocycles. The number of ketones is 2. The van der Waals surface area contributed by atoms with Gasteiger partial charge in [0.05, 0.1) is 9.75 Å². The van der Waals surface area contributed by atoms with Gasteiger partial charge in [0.1, 0.15) is 0 Å². The third-order valence-electron chi connectivity index (χ3n) is 4.57. The molecule has 2 heterocycles. The highest BCUT2D eigenvalue weighted by atomic mass is 32.1. The molecule has 5 heteroatoms. The van der Waals surface area contributed by atoms with Gasteiger partial charge >= 0.3 is 0 Å². The molecule has 2 aromatic heterocycles. The molecule has 0 spiro atoms. The largest absolute Gasteiger partial charge is 0.383 e. The van der Waals surface area contributed by atoms with E-state index in [1.165, 1.54) is 22.7 Å². The van der Waals surface area contributed by atoms with Gasteiger partial charge in [-0.15, -0.1) is 22.7 Å². The number of hydrogen-bond acceptors (Lipinski definition) is 5. The molecule has 0 unspecified atom stereocenters. The van der Waals surface area contributed by atoms with Crippen molar-refractivity contribution in [3.05, 3.63) is 106 Å². The van der Waals surface area contributed by atoms with Crippen LogP contribution in [0.25, 0.3) is 22.3 Å². The summed E-state index contributed by atoms with van der Waals surface area (Å²) < 4.78 is 0. The SMILES string of the molecule is CC(=O)c1sccc1-c1ccccc1.CN(C)C=CC(=O)c1sccc1-c1ccccc1. The summed E-state index contributed by atoms with van der Waals surface area (Å²) in [6, 6.07) is 24.0. The van der Waals surface area contributed by atoms with Crippen LogP contribution in [-0.2, 0) is 0 Å². The van der Waals surface area contributed by atoms with Crippen molar-refractivity contribution in [3.63, 3.8) is 0 Å². The summed E-state index contributed by atoms with van der Waals surface area (Å²) in [5.74, 6) is 0.191. The minimum atomic E-state index is 0.0533. The van der Waals surface area contributed by atoms with Crippen molar-refractivity contribution in [2.45, 2.75) is 6.92 Å². The van der Waals surface area contributed by atoms with E-state index in [-0.39, 0.29) is 11.6 Å². The summed E-state index contributed by atoms with van der Waals surface area (Å²) in [5, 5.41) is 3.91. The van der Waals surface area contributed by atoms with E-state index < -0.39 is 0 Å². The third kappa shape index (κ3) is 6.13. The van der Waals surface area contributed by atoms with E-state index in [9.17, 15) is 9.59 Å². The third-order valence-corrected chi connectivity index (χ3v) is 6.51. The van der Waals surface area contributed by atoms with Crippen LogP contribution in [0.5, 0.6) is 0 Å². The Morgan fingerprint density at radius 1 is 0.719 bits per heavy atom. The zero-order valence-electron chi connectivity index (χ0n) is 18.3. The van der Waals surface area contributed by atoms with Gasteiger partial charge < -0.3 is 4.90 Å². The first kappa shape index (κ1) is 23.4. The lowest BCUT2D eigenvalue weighted by Gasteiger charge is -2.03. The van der Waals surface area contributed by atoms with Crippen LogP contribution in [0, 0.1) is 0 Å². The molecule has 0 N–H and O–H groups in total. The Bertz CT molecular complexity index is 1190. The molecule has 0 atom stereocenters. The maximum absolute atomic E-state index is 12.1. The molecule has 0 bridgehead atoms. The van der Waals surface area contributed by atoms with Gasteiger partial charge in [-0.1, -0.05) is 60.7 Å². The number of carbonyl (C=O) groups is 2. The first-order valence-electron chi connectivity index (χ1n) is 10.1. The highest BCUT2D eigenvalue weighted by Gasteiger charge is 2.12. The molecule has 0 saturated carbocycles. The molecule has 3 nitrogen and oxygen atoms in total. The second kappa shape index (κ2) is 11.4. The molecule has 0 radical (unpaired) electrons. The van der Waals surface area contributed by atoms with Crippen molar-refractivity contribution in [1.82, 2.24) is 4.90 Å². The average Bonchev–Trinajstić information content (AvgIpc) is 3.49. The fourth-order valence-corrected chi connectivity index (χ4v) is 4.72. The molecule has 4 aromatic rings. The minimum Gasteiger partial charge on any atom is -0.383 e. The summed E-state index contributed by atoms with van der Waals surface area (Å²) in [5.41, 5.74) is 4.25. The van der Waals surface area contributed by atoms with Gasteiger partial charge in [0.25, 0.3) is 0 Å². The van der Waals surface area contributed by atoms with Crippen molar-refractivity contribution in [1.29, 1.82) is 0 Å². The lowest BCUT2D eigenvalue weighted by atomic mass is 10.1. The number of Topliss-reactive ketones (excluding diaryl/α,β-unsaturated/α-hetero) is 1. The predicted molar refractivity (Wildman–Crippen MR) is 137 cm³/mol. The Morgan fingerprint density at radius 3 is 1.66 bits per heavy atom. The monoisotopic (exact) mass is 459 g/mol. The van der Waals surface area contributed by atoms with Crippen LogP contribution in [0.2, 0.25) is 0 Å². The number of nitrogens with zero attached hydrogens (tertiary/aromatic N) is 1. The molecule has 0 fully saturated rings. The van der Waals surface area contributed by atoms with Crippen LogP contribution in [-0.4, -0.2) is 30.6 Å². The molecule has 2 aromatic carbocycles. The van der Waals surface area contributed by atoms with Crippen molar-refractivity contribution < 1.29 is 9.59 Å². The van der Waals surface area contributed by atoms with E-state index in [4.69, 9.17) is 0 Å². The molecule has 0 aliphatic carbocycles. The number of rotatable bonds is 6. The number of hydrogen-bond donors (Lipinski definition) is 0. The summed E-state index contributed by atoms with van der Waals surface area (Å²) in [6.07, 6.45) is 3.38. The zero-order chi connectivity index (χ0) is 22.9. The topological polar surface area (TPSA) is 37.4 Å². The van der Waals surface area contributed by atoms with Gasteiger partial charge in [-0.2, -0.15) is 0 Å². The second-order valence-electron chi connectivity index (χ2n) is 7.26. The number of benzene rings is 2. The molecule has 0 aliphatic heterocycles. The average molecular weight is 460 g/mol. The summed E-state index contributed by atoms with van der Waals surface area (Å²) in [4.78, 5) is 26.9. The molecule has 32 heavy (non-hydrogen) atoms. The smallest absolute Gasteiger partial charge is 0.197 e. The van der Waals surface area contributed by atoms with Crippen LogP contribution in [0.1, 0.15) is 26.3 Å². The number of carbonyl (C=O) groups excluding carboxylic acids is 2. The Labute approximate surface area is 197 Å². The van der Waals surface area contributed by atoms with Crippen LogP contribution in [0.4, 0.5) is 0 Å². The molecule has 4 rings (SSSR count). The van der Waals surface area contributed by atoms with E-state index >= 15 is 0 Å². The van der Waals surface area contributed by atoms with Crippen LogP contribution >= 0.6 is 22.7 Å². The van der Waals surface area contributed by atoms with Gasteiger partial charge in [-0.3, -0.25) is 9.59 Å². The lowest BCUT2D eigenvalue weighted by molar-refractivity contribution is 0.101. The van der Waals surface area contributed by atoms with Crippen molar-refractivity contribution in [2.75, 3.05) is 14.1 Å². The van der Waals surface area contributed by atoms with Gasteiger partial charge in [0, 0.05) is 37.5 Å². The molecular formula is C27H25NO2S2. The second-order valence-corrected chi connectivity index (χ2v) is 9.09. The standard InChI is InChI=1S/C15H15NOS.C12H10OS/c1-16(2)10-8-14(17)15-13(9-11-18-15)12-6-4-3-5-7-12;1-9(13)12-11(7-8-14-12)10-5-3-2-4-6-10/h3-11H,1-2H3;2-8H,1H3. The number of thiophene rings is 2. The Morgan fingerprint density at radius 2 is 1.19 bits per heavy atom. The van der Waals surface area contributed by atoms with Crippen molar-refractivity contribution in [2.24, 2.45) is 0 Å². The fourth-order valence-electron chi connectivity index (χ4n) is 3.06. The summed E-state index contributed by atoms with van der Waals surface area (Å²) >= 11 is 2.99. The normalized spacial score (nSPS) is 10.5. The van der Waals surface area contributed by atoms with Gasteiger partial charge in [0.15, 0.2) is 11.6 Å². The van der Waals surface area contributed by atoms with Crippen LogP contribution < -0.4 is 0 Å². The van der Waals surface area contributed by atoms with Crippen molar-refractivity contribution >= 4 is 34.2 Å². The zero-order valence-corrected chi connectivity index (χ0v) is 20.0. The molecular weight excluding hydrogens is 434 g/mol. The van der Waals surface area contributed by atoms with E-state index in [1.54, 1.807) is 19.2 Å². The predicted octanol–water partition coefficient (Wildman–Crippen LogP) is 7.29. The Hall–Kier alpha value is -3.28. The highest BCUT2D eigenvalue weighted by molar-refractivity contribution is 7.13. The molecule has 162 valence electrons. The molecule has 0 amide bonds. The van der Waals surface area contributed by atoms with E-state index in [0.29, 0.717) is 0 Å². The van der Waals surface area contributed by atoms with Crippen LogP contribution in [0.15, 0.2) is 95.8 Å². The van der Waals surface area contributed by atoms with E-state index in [2.05, 4.69) is 0 Å². The maximum Gasteiger partial charge on any atom is 0.197 e. The van der Waals surface area contributed by atoms with E-state index in [0.717, 1.165) is 32.0 Å². The summed E-state index contributed by atoms with van der Waals surface area (Å²) in [6.45, 7) is 1.61. The van der Waals surface area contributed by atoms with E-state index in [1.807, 2.05) is 103 Å². The van der Waals surface area contributed by atoms with Crippen molar-refractivity contribution in [3.8, 4) is 22.3 Å². The van der Waals surface area contributed by atoms with Gasteiger partial charge in [0.2, 0.25) is 0 Å². The van der Waals surface area contributed by atoms with Gasteiger partial charge in [-0.05, 0) is 40.9 Å². The Kier molecular flexibility index (Phi) is 8.31. The minimum absolute atomic E-state index is 0.0533.